The molecule has 0 radical (unpaired) electrons. The standard InChI is InChI=1S/C21H11N3/c22-10-16(11-23)19(12-24)17-8-6-15-5-4-13-2-1-3-14-7-9-18(17)21(15)20(13)14/h1-9,16,19H. The van der Waals surface area contributed by atoms with E-state index in [1.807, 2.05) is 42.5 Å². The van der Waals surface area contributed by atoms with E-state index in [1.54, 1.807) is 0 Å². The molecule has 0 aliphatic carbocycles. The SMILES string of the molecule is N#CC(C#N)C(C#N)c1ccc2ccc3cccc4ccc1c2c34. The van der Waals surface area contributed by atoms with Gasteiger partial charge in [-0.05, 0) is 37.9 Å². The summed E-state index contributed by atoms with van der Waals surface area (Å²) in [5.74, 6) is -1.74. The lowest BCUT2D eigenvalue weighted by Crippen LogP contribution is -2.08. The van der Waals surface area contributed by atoms with Crippen molar-refractivity contribution in [3.63, 3.8) is 0 Å². The van der Waals surface area contributed by atoms with Gasteiger partial charge in [0.2, 0.25) is 0 Å². The molecule has 110 valence electrons. The minimum Gasteiger partial charge on any atom is -0.198 e. The third-order valence-electron chi connectivity index (χ3n) is 4.65. The van der Waals surface area contributed by atoms with Crippen LogP contribution in [0.2, 0.25) is 0 Å². The van der Waals surface area contributed by atoms with Crippen LogP contribution in [0, 0.1) is 39.9 Å². The first kappa shape index (κ1) is 14.0. The Bertz CT molecular complexity index is 1170. The first-order chi connectivity index (χ1) is 11.8. The quantitative estimate of drug-likeness (QED) is 0.497. The molecule has 1 atom stereocenters. The Morgan fingerprint density at radius 3 is 1.83 bits per heavy atom. The number of rotatable bonds is 2. The largest absolute Gasteiger partial charge is 0.198 e. The topological polar surface area (TPSA) is 71.4 Å². The van der Waals surface area contributed by atoms with Gasteiger partial charge in [-0.15, -0.1) is 0 Å². The lowest BCUT2D eigenvalue weighted by atomic mass is 9.83. The van der Waals surface area contributed by atoms with Crippen LogP contribution in [-0.2, 0) is 0 Å². The molecule has 4 aromatic carbocycles. The van der Waals surface area contributed by atoms with Gasteiger partial charge in [0, 0.05) is 0 Å². The van der Waals surface area contributed by atoms with Crippen LogP contribution in [0.5, 0.6) is 0 Å². The molecule has 0 bridgehead atoms. The van der Waals surface area contributed by atoms with Crippen LogP contribution >= 0.6 is 0 Å². The fourth-order valence-electron chi connectivity index (χ4n) is 3.53. The molecular formula is C21H11N3. The molecule has 0 aliphatic rings. The lowest BCUT2D eigenvalue weighted by Gasteiger charge is -2.16. The highest BCUT2D eigenvalue weighted by atomic mass is 14.4. The second-order valence-electron chi connectivity index (χ2n) is 5.85. The number of hydrogen-bond acceptors (Lipinski definition) is 3. The first-order valence-electron chi connectivity index (χ1n) is 7.63. The van der Waals surface area contributed by atoms with Crippen molar-refractivity contribution in [2.24, 2.45) is 5.92 Å². The van der Waals surface area contributed by atoms with E-state index in [2.05, 4.69) is 30.3 Å². The van der Waals surface area contributed by atoms with Gasteiger partial charge in [-0.1, -0.05) is 54.6 Å². The Labute approximate surface area is 138 Å². The van der Waals surface area contributed by atoms with Gasteiger partial charge in [0.15, 0.2) is 5.92 Å². The molecular weight excluding hydrogens is 294 g/mol. The van der Waals surface area contributed by atoms with Gasteiger partial charge in [-0.3, -0.25) is 0 Å². The molecule has 0 saturated carbocycles. The van der Waals surface area contributed by atoms with Crippen LogP contribution in [-0.4, -0.2) is 0 Å². The fraction of sp³-hybridized carbons (Fsp3) is 0.0952. The summed E-state index contributed by atoms with van der Waals surface area (Å²) in [6.45, 7) is 0. The second-order valence-corrected chi connectivity index (χ2v) is 5.85. The summed E-state index contributed by atoms with van der Waals surface area (Å²) >= 11 is 0. The Morgan fingerprint density at radius 1 is 0.625 bits per heavy atom. The van der Waals surface area contributed by atoms with Crippen LogP contribution in [0.15, 0.2) is 54.6 Å². The minimum absolute atomic E-state index is 0.747. The molecule has 24 heavy (non-hydrogen) atoms. The molecule has 0 aromatic heterocycles. The second kappa shape index (κ2) is 5.24. The summed E-state index contributed by atoms with van der Waals surface area (Å²) in [7, 11) is 0. The molecule has 3 nitrogen and oxygen atoms in total. The van der Waals surface area contributed by atoms with E-state index >= 15 is 0 Å². The maximum absolute atomic E-state index is 9.56. The molecule has 0 fully saturated rings. The normalized spacial score (nSPS) is 12.2. The molecule has 0 saturated heterocycles. The molecule has 0 heterocycles. The average molecular weight is 305 g/mol. The molecule has 4 aromatic rings. The van der Waals surface area contributed by atoms with Crippen LogP contribution in [0.3, 0.4) is 0 Å². The van der Waals surface area contributed by atoms with E-state index in [0.29, 0.717) is 0 Å². The van der Waals surface area contributed by atoms with E-state index < -0.39 is 11.8 Å². The van der Waals surface area contributed by atoms with Crippen LogP contribution in [0.4, 0.5) is 0 Å². The van der Waals surface area contributed by atoms with Gasteiger partial charge >= 0.3 is 0 Å². The predicted molar refractivity (Wildman–Crippen MR) is 93.2 cm³/mol. The minimum atomic E-state index is -0.978. The molecule has 0 N–H and O–H groups in total. The maximum Gasteiger partial charge on any atom is 0.153 e. The lowest BCUT2D eigenvalue weighted by molar-refractivity contribution is 0.750. The molecule has 4 rings (SSSR count). The van der Waals surface area contributed by atoms with Crippen LogP contribution in [0.25, 0.3) is 32.3 Å². The first-order valence-corrected chi connectivity index (χ1v) is 7.63. The van der Waals surface area contributed by atoms with Crippen molar-refractivity contribution in [1.29, 1.82) is 15.8 Å². The van der Waals surface area contributed by atoms with E-state index in [1.165, 1.54) is 0 Å². The summed E-state index contributed by atoms with van der Waals surface area (Å²) in [4.78, 5) is 0. The third kappa shape index (κ3) is 1.81. The van der Waals surface area contributed by atoms with Crippen molar-refractivity contribution in [2.75, 3.05) is 0 Å². The average Bonchev–Trinajstić information content (AvgIpc) is 2.64. The molecule has 0 aliphatic heterocycles. The Kier molecular flexibility index (Phi) is 3.06. The van der Waals surface area contributed by atoms with E-state index in [4.69, 9.17) is 0 Å². The third-order valence-corrected chi connectivity index (χ3v) is 4.65. The molecule has 1 unspecified atom stereocenters. The number of benzene rings is 4. The van der Waals surface area contributed by atoms with Crippen LogP contribution < -0.4 is 0 Å². The van der Waals surface area contributed by atoms with Gasteiger partial charge in [-0.2, -0.15) is 15.8 Å². The predicted octanol–water partition coefficient (Wildman–Crippen LogP) is 4.85. The van der Waals surface area contributed by atoms with Crippen molar-refractivity contribution in [2.45, 2.75) is 5.92 Å². The summed E-state index contributed by atoms with van der Waals surface area (Å²) in [6, 6.07) is 24.3. The van der Waals surface area contributed by atoms with Gasteiger partial charge in [0.1, 0.15) is 5.92 Å². The summed E-state index contributed by atoms with van der Waals surface area (Å²) in [5, 5.41) is 34.6. The van der Waals surface area contributed by atoms with Gasteiger partial charge in [0.25, 0.3) is 0 Å². The Morgan fingerprint density at radius 2 is 1.21 bits per heavy atom. The van der Waals surface area contributed by atoms with Gasteiger partial charge < -0.3 is 0 Å². The van der Waals surface area contributed by atoms with E-state index in [9.17, 15) is 15.8 Å². The molecule has 0 spiro atoms. The monoisotopic (exact) mass is 305 g/mol. The Balaban J connectivity index is 2.14. The highest BCUT2D eigenvalue weighted by Crippen LogP contribution is 2.39. The number of nitriles is 3. The van der Waals surface area contributed by atoms with Crippen molar-refractivity contribution in [3.05, 3.63) is 60.2 Å². The van der Waals surface area contributed by atoms with E-state index in [0.717, 1.165) is 37.9 Å². The van der Waals surface area contributed by atoms with E-state index in [-0.39, 0.29) is 0 Å². The summed E-state index contributed by atoms with van der Waals surface area (Å²) in [6.07, 6.45) is 0. The zero-order valence-corrected chi connectivity index (χ0v) is 12.7. The smallest absolute Gasteiger partial charge is 0.153 e. The molecule has 3 heteroatoms. The summed E-state index contributed by atoms with van der Waals surface area (Å²) < 4.78 is 0. The van der Waals surface area contributed by atoms with Crippen molar-refractivity contribution >= 4 is 32.3 Å². The van der Waals surface area contributed by atoms with Crippen molar-refractivity contribution in [3.8, 4) is 18.2 Å². The van der Waals surface area contributed by atoms with Crippen molar-refractivity contribution in [1.82, 2.24) is 0 Å². The highest BCUT2D eigenvalue weighted by molar-refractivity contribution is 6.23. The highest BCUT2D eigenvalue weighted by Gasteiger charge is 2.25. The zero-order valence-electron chi connectivity index (χ0n) is 12.7. The Hall–Kier alpha value is -3.61. The zero-order chi connectivity index (χ0) is 16.7. The van der Waals surface area contributed by atoms with Crippen molar-refractivity contribution < 1.29 is 0 Å². The number of nitrogens with zero attached hydrogens (tertiary/aromatic N) is 3. The number of hydrogen-bond donors (Lipinski definition) is 0. The molecule has 0 amide bonds. The summed E-state index contributed by atoms with van der Waals surface area (Å²) in [5.41, 5.74) is 0.747. The van der Waals surface area contributed by atoms with Gasteiger partial charge in [-0.25, -0.2) is 0 Å². The fourth-order valence-corrected chi connectivity index (χ4v) is 3.53. The maximum atomic E-state index is 9.56. The van der Waals surface area contributed by atoms with Crippen LogP contribution in [0.1, 0.15) is 11.5 Å². The van der Waals surface area contributed by atoms with Gasteiger partial charge in [0.05, 0.1) is 18.2 Å².